The molecule has 8 heavy (non-hydrogen) atoms. The highest BCUT2D eigenvalue weighted by molar-refractivity contribution is 6.40. The van der Waals surface area contributed by atoms with E-state index in [4.69, 9.17) is 5.11 Å². The highest BCUT2D eigenvalue weighted by Crippen LogP contribution is 1.86. The molecule has 0 heterocycles. The van der Waals surface area contributed by atoms with Crippen LogP contribution in [-0.2, 0) is 0 Å². The Labute approximate surface area is 53.2 Å². The second-order valence-electron chi connectivity index (χ2n) is 1.75. The molecule has 0 aliphatic rings. The van der Waals surface area contributed by atoms with E-state index in [1.165, 1.54) is 0 Å². The molecule has 0 saturated heterocycles. The van der Waals surface area contributed by atoms with Crippen molar-refractivity contribution in [3.05, 3.63) is 11.8 Å². The maximum absolute atomic E-state index is 8.34. The zero-order valence-electron chi connectivity index (χ0n) is 5.43. The summed E-state index contributed by atoms with van der Waals surface area (Å²) in [5, 5.41) is 8.34. The second kappa shape index (κ2) is 6.92. The van der Waals surface area contributed by atoms with Crippen LogP contribution in [0.3, 0.4) is 0 Å². The first-order valence-electron chi connectivity index (χ1n) is 3.17. The lowest BCUT2D eigenvalue weighted by Gasteiger charge is -1.85. The second-order valence-corrected chi connectivity index (χ2v) is 3.03. The third-order valence-corrected chi connectivity index (χ3v) is 1.74. The first-order valence-corrected chi connectivity index (χ1v) is 5.40. The third-order valence-electron chi connectivity index (χ3n) is 0.931. The predicted octanol–water partition coefficient (Wildman–Crippen LogP) is 0.489. The molecule has 0 amide bonds. The molecule has 0 saturated carbocycles. The van der Waals surface area contributed by atoms with Crippen LogP contribution in [0.5, 0.6) is 0 Å². The van der Waals surface area contributed by atoms with Gasteiger partial charge in [-0.15, -0.1) is 5.70 Å². The average molecular weight is 130 g/mol. The maximum Gasteiger partial charge on any atom is 0.0433 e. The normalized spacial score (nSPS) is 12.2. The molecule has 0 radical (unpaired) electrons. The van der Waals surface area contributed by atoms with E-state index in [-0.39, 0.29) is 9.52 Å². The molecule has 48 valence electrons. The lowest BCUT2D eigenvalue weighted by molar-refractivity contribution is 0.289. The molecule has 0 aliphatic heterocycles. The van der Waals surface area contributed by atoms with E-state index in [1.807, 2.05) is 0 Å². The molecule has 2 heteroatoms. The lowest BCUT2D eigenvalue weighted by atomic mass is 10.3. The Bertz CT molecular complexity index is 61.5. The maximum atomic E-state index is 8.34. The van der Waals surface area contributed by atoms with Crippen molar-refractivity contribution in [2.75, 3.05) is 6.61 Å². The number of aliphatic hydroxyl groups excluding tert-OH is 1. The Morgan fingerprint density at radius 1 is 1.62 bits per heavy atom. The van der Waals surface area contributed by atoms with Gasteiger partial charge >= 0.3 is 0 Å². The molecule has 1 N–H and O–H groups in total. The van der Waals surface area contributed by atoms with Gasteiger partial charge in [0.2, 0.25) is 0 Å². The summed E-state index contributed by atoms with van der Waals surface area (Å²) in [6, 6.07) is 0. The first-order chi connectivity index (χ1) is 3.91. The summed E-state index contributed by atoms with van der Waals surface area (Å²) in [6.07, 6.45) is 4.14. The fourth-order valence-electron chi connectivity index (χ4n) is 0.494. The summed E-state index contributed by atoms with van der Waals surface area (Å²) < 4.78 is 0. The Kier molecular flexibility index (Phi) is 6.85. The SMILES string of the molecule is C[SiH2]/C=C/CCCO. The molecule has 0 atom stereocenters. The molecule has 0 unspecified atom stereocenters. The Morgan fingerprint density at radius 2 is 2.38 bits per heavy atom. The molecule has 0 aromatic carbocycles. The molecule has 0 bridgehead atoms. The van der Waals surface area contributed by atoms with Crippen LogP contribution in [-0.4, -0.2) is 21.2 Å². The fraction of sp³-hybridized carbons (Fsp3) is 0.667. The van der Waals surface area contributed by atoms with Gasteiger partial charge in [-0.1, -0.05) is 12.6 Å². The van der Waals surface area contributed by atoms with E-state index in [0.717, 1.165) is 12.8 Å². The number of allylic oxidation sites excluding steroid dienone is 1. The van der Waals surface area contributed by atoms with Crippen LogP contribution < -0.4 is 0 Å². The largest absolute Gasteiger partial charge is 0.396 e. The fourth-order valence-corrected chi connectivity index (χ4v) is 1.06. The highest BCUT2D eigenvalue weighted by atomic mass is 28.2. The van der Waals surface area contributed by atoms with Gasteiger partial charge < -0.3 is 5.11 Å². The molecule has 0 spiro atoms. The molecule has 0 aromatic rings. The number of rotatable bonds is 4. The number of unbranched alkanes of at least 4 members (excludes halogenated alkanes) is 1. The molecular weight excluding hydrogens is 116 g/mol. The minimum atomic E-state index is 0.124. The van der Waals surface area contributed by atoms with Crippen LogP contribution in [0.1, 0.15) is 12.8 Å². The Hall–Kier alpha value is -0.0831. The van der Waals surface area contributed by atoms with E-state index in [2.05, 4.69) is 18.3 Å². The van der Waals surface area contributed by atoms with Gasteiger partial charge in [0.15, 0.2) is 0 Å². The van der Waals surface area contributed by atoms with Crippen molar-refractivity contribution in [3.8, 4) is 0 Å². The van der Waals surface area contributed by atoms with Crippen LogP contribution in [0.25, 0.3) is 0 Å². The summed E-state index contributed by atoms with van der Waals surface area (Å²) in [7, 11) is 0.124. The van der Waals surface area contributed by atoms with Gasteiger partial charge in [-0.25, -0.2) is 0 Å². The number of hydrogen-bond acceptors (Lipinski definition) is 1. The van der Waals surface area contributed by atoms with Gasteiger partial charge in [0.1, 0.15) is 0 Å². The van der Waals surface area contributed by atoms with Crippen molar-refractivity contribution < 1.29 is 5.11 Å². The average Bonchev–Trinajstić information content (AvgIpc) is 1.81. The summed E-state index contributed by atoms with van der Waals surface area (Å²) in [6.45, 7) is 2.57. The minimum absolute atomic E-state index is 0.124. The van der Waals surface area contributed by atoms with Gasteiger partial charge in [-0.2, -0.15) is 0 Å². The van der Waals surface area contributed by atoms with E-state index in [1.54, 1.807) is 0 Å². The van der Waals surface area contributed by atoms with Crippen molar-refractivity contribution >= 4 is 9.52 Å². The van der Waals surface area contributed by atoms with Crippen LogP contribution in [0.15, 0.2) is 11.8 Å². The zero-order chi connectivity index (χ0) is 6.24. The molecule has 0 aliphatic carbocycles. The van der Waals surface area contributed by atoms with Crippen LogP contribution in [0, 0.1) is 0 Å². The third kappa shape index (κ3) is 5.92. The molecule has 1 nitrogen and oxygen atoms in total. The molecule has 0 rings (SSSR count). The van der Waals surface area contributed by atoms with Gasteiger partial charge in [0.25, 0.3) is 0 Å². The van der Waals surface area contributed by atoms with E-state index < -0.39 is 0 Å². The van der Waals surface area contributed by atoms with Gasteiger partial charge in [0.05, 0.1) is 0 Å². The topological polar surface area (TPSA) is 20.2 Å². The smallest absolute Gasteiger partial charge is 0.0433 e. The van der Waals surface area contributed by atoms with Crippen LogP contribution in [0.2, 0.25) is 6.55 Å². The van der Waals surface area contributed by atoms with Gasteiger partial charge in [-0.3, -0.25) is 0 Å². The van der Waals surface area contributed by atoms with Crippen molar-refractivity contribution in [1.29, 1.82) is 0 Å². The summed E-state index contributed by atoms with van der Waals surface area (Å²) >= 11 is 0. The van der Waals surface area contributed by atoms with Crippen molar-refractivity contribution in [2.24, 2.45) is 0 Å². The summed E-state index contributed by atoms with van der Waals surface area (Å²) in [4.78, 5) is 0. The molecule has 0 aromatic heterocycles. The van der Waals surface area contributed by atoms with Crippen molar-refractivity contribution in [1.82, 2.24) is 0 Å². The highest BCUT2D eigenvalue weighted by Gasteiger charge is 1.75. The number of aliphatic hydroxyl groups is 1. The molecule has 0 fully saturated rings. The quantitative estimate of drug-likeness (QED) is 0.434. The lowest BCUT2D eigenvalue weighted by Crippen LogP contribution is -1.79. The van der Waals surface area contributed by atoms with Crippen LogP contribution in [0.4, 0.5) is 0 Å². The molecular formula is C6H14OSi. The standard InChI is InChI=1S/C6H14OSi/c1-8-6-4-2-3-5-7/h4,6-7H,2-3,5,8H2,1H3/b6-4+. The van der Waals surface area contributed by atoms with Gasteiger partial charge in [0, 0.05) is 16.1 Å². The van der Waals surface area contributed by atoms with Crippen molar-refractivity contribution in [3.63, 3.8) is 0 Å². The number of hydrogen-bond donors (Lipinski definition) is 1. The van der Waals surface area contributed by atoms with Crippen LogP contribution >= 0.6 is 0 Å². The van der Waals surface area contributed by atoms with E-state index >= 15 is 0 Å². The van der Waals surface area contributed by atoms with Gasteiger partial charge in [-0.05, 0) is 12.8 Å². The Morgan fingerprint density at radius 3 is 2.88 bits per heavy atom. The monoisotopic (exact) mass is 130 g/mol. The van der Waals surface area contributed by atoms with E-state index in [9.17, 15) is 0 Å². The zero-order valence-corrected chi connectivity index (χ0v) is 6.84. The summed E-state index contributed by atoms with van der Waals surface area (Å²) in [5.74, 6) is 0. The van der Waals surface area contributed by atoms with Crippen molar-refractivity contribution in [2.45, 2.75) is 19.4 Å². The van der Waals surface area contributed by atoms with E-state index in [0.29, 0.717) is 6.61 Å². The predicted molar refractivity (Wildman–Crippen MR) is 39.9 cm³/mol. The minimum Gasteiger partial charge on any atom is -0.396 e. The summed E-state index contributed by atoms with van der Waals surface area (Å²) in [5.41, 5.74) is 2.26. The Balaban J connectivity index is 2.80. The first kappa shape index (κ1) is 7.92.